The largest absolute Gasteiger partial charge is 0.475 e. The lowest BCUT2D eigenvalue weighted by atomic mass is 10.2. The predicted molar refractivity (Wildman–Crippen MR) is 46.5 cm³/mol. The number of aliphatic imine (C=N–C) groups is 1. The Bertz CT molecular complexity index is 258. The van der Waals surface area contributed by atoms with Crippen LogP contribution in [0.3, 0.4) is 0 Å². The van der Waals surface area contributed by atoms with Gasteiger partial charge < -0.3 is 9.47 Å². The zero-order valence-corrected chi connectivity index (χ0v) is 7.82. The molecule has 0 N–H and O–H groups in total. The second-order valence-corrected chi connectivity index (χ2v) is 3.53. The Morgan fingerprint density at radius 2 is 2.31 bits per heavy atom. The van der Waals surface area contributed by atoms with Gasteiger partial charge in [0, 0.05) is 5.92 Å². The number of nitrogens with zero attached hydrogens (tertiary/aromatic N) is 1. The molecule has 1 aliphatic heterocycles. The number of esters is 1. The quantitative estimate of drug-likeness (QED) is 0.594. The van der Waals surface area contributed by atoms with E-state index in [-0.39, 0.29) is 12.1 Å². The molecule has 0 aromatic carbocycles. The lowest BCUT2D eigenvalue weighted by molar-refractivity contribution is -0.143. The molecule has 0 spiro atoms. The maximum atomic E-state index is 11.2. The topological polar surface area (TPSA) is 47.9 Å². The number of methoxy groups -OCH3 is 1. The fourth-order valence-corrected chi connectivity index (χ4v) is 1.42. The number of hydrogen-bond donors (Lipinski definition) is 0. The van der Waals surface area contributed by atoms with E-state index < -0.39 is 6.04 Å². The first-order valence-electron chi connectivity index (χ1n) is 4.54. The molecular weight excluding hydrogens is 170 g/mol. The van der Waals surface area contributed by atoms with Gasteiger partial charge in [0.25, 0.3) is 0 Å². The molecule has 0 bridgehead atoms. The summed E-state index contributed by atoms with van der Waals surface area (Å²) in [5, 5.41) is 0. The molecule has 2 rings (SSSR count). The molecule has 1 fully saturated rings. The summed E-state index contributed by atoms with van der Waals surface area (Å²) < 4.78 is 10.1. The van der Waals surface area contributed by atoms with Gasteiger partial charge in [0.1, 0.15) is 6.10 Å². The smallest absolute Gasteiger partial charge is 0.334 e. The van der Waals surface area contributed by atoms with E-state index in [0.717, 1.165) is 18.7 Å². The van der Waals surface area contributed by atoms with E-state index in [9.17, 15) is 4.79 Å². The summed E-state index contributed by atoms with van der Waals surface area (Å²) in [5.74, 6) is 0.920. The molecule has 2 aliphatic rings. The summed E-state index contributed by atoms with van der Waals surface area (Å²) in [7, 11) is 1.37. The van der Waals surface area contributed by atoms with Gasteiger partial charge in [-0.3, -0.25) is 0 Å². The predicted octanol–water partition coefficient (Wildman–Crippen LogP) is 0.755. The number of carbonyl (C=O) groups is 1. The van der Waals surface area contributed by atoms with Gasteiger partial charge in [0.15, 0.2) is 11.9 Å². The van der Waals surface area contributed by atoms with E-state index in [4.69, 9.17) is 4.74 Å². The van der Waals surface area contributed by atoms with Crippen LogP contribution in [-0.2, 0) is 14.3 Å². The van der Waals surface area contributed by atoms with E-state index in [1.165, 1.54) is 7.11 Å². The van der Waals surface area contributed by atoms with E-state index in [2.05, 4.69) is 9.73 Å². The van der Waals surface area contributed by atoms with Crippen LogP contribution in [0.4, 0.5) is 0 Å². The van der Waals surface area contributed by atoms with E-state index >= 15 is 0 Å². The van der Waals surface area contributed by atoms with Crippen LogP contribution in [0.1, 0.15) is 19.8 Å². The van der Waals surface area contributed by atoms with Crippen molar-refractivity contribution in [1.29, 1.82) is 0 Å². The summed E-state index contributed by atoms with van der Waals surface area (Å²) in [5.41, 5.74) is 0. The molecule has 2 unspecified atom stereocenters. The van der Waals surface area contributed by atoms with Gasteiger partial charge in [0.2, 0.25) is 0 Å². The highest BCUT2D eigenvalue weighted by Gasteiger charge is 2.40. The average Bonchev–Trinajstić information content (AvgIpc) is 2.89. The van der Waals surface area contributed by atoms with E-state index in [1.54, 1.807) is 0 Å². The summed E-state index contributed by atoms with van der Waals surface area (Å²) in [6.07, 6.45) is 2.11. The van der Waals surface area contributed by atoms with Crippen LogP contribution in [0.15, 0.2) is 4.99 Å². The molecule has 0 amide bonds. The summed E-state index contributed by atoms with van der Waals surface area (Å²) >= 11 is 0. The molecular formula is C9H13NO3. The highest BCUT2D eigenvalue weighted by molar-refractivity contribution is 5.88. The van der Waals surface area contributed by atoms with Gasteiger partial charge in [-0.1, -0.05) is 0 Å². The van der Waals surface area contributed by atoms with Gasteiger partial charge in [-0.05, 0) is 19.8 Å². The zero-order chi connectivity index (χ0) is 9.42. The number of rotatable bonds is 2. The SMILES string of the molecule is COC(=O)C1N=C(C2CC2)OC1C. The van der Waals surface area contributed by atoms with Crippen LogP contribution in [0.5, 0.6) is 0 Å². The fraction of sp³-hybridized carbons (Fsp3) is 0.778. The maximum absolute atomic E-state index is 11.2. The van der Waals surface area contributed by atoms with Gasteiger partial charge in [-0.25, -0.2) is 9.79 Å². The van der Waals surface area contributed by atoms with Crippen molar-refractivity contribution in [2.45, 2.75) is 31.9 Å². The van der Waals surface area contributed by atoms with Crippen LogP contribution in [0.2, 0.25) is 0 Å². The number of ether oxygens (including phenoxy) is 2. The monoisotopic (exact) mass is 183 g/mol. The third-order valence-electron chi connectivity index (χ3n) is 2.39. The van der Waals surface area contributed by atoms with Crippen LogP contribution in [0, 0.1) is 5.92 Å². The van der Waals surface area contributed by atoms with Crippen LogP contribution in [0.25, 0.3) is 0 Å². The van der Waals surface area contributed by atoms with Gasteiger partial charge in [0.05, 0.1) is 7.11 Å². The third-order valence-corrected chi connectivity index (χ3v) is 2.39. The molecule has 0 aromatic rings. The number of carbonyl (C=O) groups excluding carboxylic acids is 1. The second-order valence-electron chi connectivity index (χ2n) is 3.53. The van der Waals surface area contributed by atoms with Gasteiger partial charge in [-0.15, -0.1) is 0 Å². The Kier molecular flexibility index (Phi) is 1.98. The average molecular weight is 183 g/mol. The molecule has 2 atom stereocenters. The van der Waals surface area contributed by atoms with Crippen molar-refractivity contribution in [3.8, 4) is 0 Å². The molecule has 4 heteroatoms. The van der Waals surface area contributed by atoms with Gasteiger partial charge >= 0.3 is 5.97 Å². The van der Waals surface area contributed by atoms with Crippen molar-refractivity contribution >= 4 is 11.9 Å². The molecule has 0 saturated heterocycles. The maximum Gasteiger partial charge on any atom is 0.334 e. The minimum absolute atomic E-state index is 0.164. The summed E-state index contributed by atoms with van der Waals surface area (Å²) in [4.78, 5) is 15.4. The highest BCUT2D eigenvalue weighted by Crippen LogP contribution is 2.34. The molecule has 1 aliphatic carbocycles. The lowest BCUT2D eigenvalue weighted by Crippen LogP contribution is -2.28. The molecule has 13 heavy (non-hydrogen) atoms. The van der Waals surface area contributed by atoms with Crippen molar-refractivity contribution in [1.82, 2.24) is 0 Å². The van der Waals surface area contributed by atoms with Crippen molar-refractivity contribution in [2.75, 3.05) is 7.11 Å². The molecule has 0 radical (unpaired) electrons. The van der Waals surface area contributed by atoms with Gasteiger partial charge in [-0.2, -0.15) is 0 Å². The van der Waals surface area contributed by atoms with Crippen molar-refractivity contribution < 1.29 is 14.3 Å². The highest BCUT2D eigenvalue weighted by atomic mass is 16.5. The Balaban J connectivity index is 2.06. The van der Waals surface area contributed by atoms with E-state index in [0.29, 0.717) is 5.92 Å². The summed E-state index contributed by atoms with van der Waals surface area (Å²) in [6.45, 7) is 1.85. The Labute approximate surface area is 76.9 Å². The first kappa shape index (κ1) is 8.53. The lowest BCUT2D eigenvalue weighted by Gasteiger charge is -2.09. The molecule has 4 nitrogen and oxygen atoms in total. The van der Waals surface area contributed by atoms with Crippen molar-refractivity contribution in [3.05, 3.63) is 0 Å². The minimum Gasteiger partial charge on any atom is -0.475 e. The zero-order valence-electron chi connectivity index (χ0n) is 7.82. The van der Waals surface area contributed by atoms with Crippen molar-refractivity contribution in [2.24, 2.45) is 10.9 Å². The second kappa shape index (κ2) is 3.01. The first-order chi connectivity index (χ1) is 6.22. The minimum atomic E-state index is -0.444. The molecule has 0 aromatic heterocycles. The van der Waals surface area contributed by atoms with Crippen molar-refractivity contribution in [3.63, 3.8) is 0 Å². The summed E-state index contributed by atoms with van der Waals surface area (Å²) in [6, 6.07) is -0.444. The molecule has 1 heterocycles. The third kappa shape index (κ3) is 1.53. The van der Waals surface area contributed by atoms with Crippen LogP contribution >= 0.6 is 0 Å². The molecule has 72 valence electrons. The normalized spacial score (nSPS) is 32.3. The Morgan fingerprint density at radius 3 is 2.85 bits per heavy atom. The van der Waals surface area contributed by atoms with E-state index in [1.807, 2.05) is 6.92 Å². The van der Waals surface area contributed by atoms with Crippen LogP contribution < -0.4 is 0 Å². The Hall–Kier alpha value is -1.06. The standard InChI is InChI=1S/C9H13NO3/c1-5-7(9(11)12-2)10-8(13-5)6-3-4-6/h5-7H,3-4H2,1-2H3. The Morgan fingerprint density at radius 1 is 1.62 bits per heavy atom. The number of hydrogen-bond acceptors (Lipinski definition) is 4. The van der Waals surface area contributed by atoms with Crippen LogP contribution in [-0.4, -0.2) is 31.1 Å². The molecule has 1 saturated carbocycles. The first-order valence-corrected chi connectivity index (χ1v) is 4.54. The fourth-order valence-electron chi connectivity index (χ4n) is 1.42.